The van der Waals surface area contributed by atoms with Crippen molar-refractivity contribution in [1.82, 2.24) is 14.8 Å². The fraction of sp³-hybridized carbons (Fsp3) is 0.789. The molecule has 0 radical (unpaired) electrons. The number of rotatable bonds is 8. The number of nitrogens with zero attached hydrogens (tertiary/aromatic N) is 3. The molecule has 1 aromatic rings. The van der Waals surface area contributed by atoms with Crippen molar-refractivity contribution >= 4 is 17.4 Å². The molecule has 2 rings (SSSR count). The van der Waals surface area contributed by atoms with Gasteiger partial charge in [0.1, 0.15) is 0 Å². The van der Waals surface area contributed by atoms with Crippen molar-refractivity contribution in [3.8, 4) is 0 Å². The molecule has 1 atom stereocenters. The van der Waals surface area contributed by atoms with Gasteiger partial charge in [0.2, 0.25) is 0 Å². The van der Waals surface area contributed by atoms with Crippen molar-refractivity contribution in [2.75, 3.05) is 32.8 Å². The maximum absolute atomic E-state index is 12.4. The summed E-state index contributed by atoms with van der Waals surface area (Å²) in [4.78, 5) is 21.2. The number of aryl methyl sites for hydroxylation is 1. The molecule has 0 saturated carbocycles. The van der Waals surface area contributed by atoms with Gasteiger partial charge in [0.15, 0.2) is 0 Å². The first-order chi connectivity index (χ1) is 12.1. The van der Waals surface area contributed by atoms with E-state index in [9.17, 15) is 4.79 Å². The highest BCUT2D eigenvalue weighted by molar-refractivity contribution is 7.09. The van der Waals surface area contributed by atoms with Gasteiger partial charge in [-0.15, -0.1) is 11.3 Å². The highest BCUT2D eigenvalue weighted by atomic mass is 32.1. The third-order valence-corrected chi connectivity index (χ3v) is 5.71. The minimum atomic E-state index is -0.138. The molecule has 0 spiro atoms. The van der Waals surface area contributed by atoms with Crippen LogP contribution in [0.1, 0.15) is 56.7 Å². The van der Waals surface area contributed by atoms with Crippen LogP contribution in [0, 0.1) is 12.8 Å². The highest BCUT2D eigenvalue weighted by Crippen LogP contribution is 2.15. The lowest BCUT2D eigenvalue weighted by Crippen LogP contribution is -2.36. The molecule has 142 valence electrons. The van der Waals surface area contributed by atoms with E-state index in [1.54, 1.807) is 11.3 Å². The average Bonchev–Trinajstić information content (AvgIpc) is 2.87. The van der Waals surface area contributed by atoms with E-state index in [-0.39, 0.29) is 6.09 Å². The lowest BCUT2D eigenvalue weighted by Gasteiger charge is -2.22. The third kappa shape index (κ3) is 6.94. The number of carbonyl (C=O) groups is 1. The summed E-state index contributed by atoms with van der Waals surface area (Å²) in [5.41, 5.74) is 1.14. The smallest absolute Gasteiger partial charge is 0.409 e. The Morgan fingerprint density at radius 2 is 2.16 bits per heavy atom. The van der Waals surface area contributed by atoms with Gasteiger partial charge in [-0.1, -0.05) is 33.1 Å². The van der Waals surface area contributed by atoms with E-state index in [2.05, 4.69) is 29.1 Å². The van der Waals surface area contributed by atoms with Crippen LogP contribution in [0.4, 0.5) is 4.79 Å². The van der Waals surface area contributed by atoms with Crippen LogP contribution in [0.5, 0.6) is 0 Å². The lowest BCUT2D eigenvalue weighted by atomic mass is 10.0. The number of aromatic nitrogens is 1. The van der Waals surface area contributed by atoms with Crippen LogP contribution in [0.15, 0.2) is 5.38 Å². The Balaban J connectivity index is 1.74. The molecule has 0 aliphatic carbocycles. The summed E-state index contributed by atoms with van der Waals surface area (Å²) in [7, 11) is 0. The van der Waals surface area contributed by atoms with Crippen molar-refractivity contribution in [3.05, 3.63) is 16.1 Å². The maximum atomic E-state index is 12.4. The third-order valence-electron chi connectivity index (χ3n) is 4.88. The van der Waals surface area contributed by atoms with Gasteiger partial charge in [-0.05, 0) is 25.7 Å². The predicted molar refractivity (Wildman–Crippen MR) is 103 cm³/mol. The second-order valence-electron chi connectivity index (χ2n) is 6.97. The van der Waals surface area contributed by atoms with Crippen molar-refractivity contribution in [3.63, 3.8) is 0 Å². The minimum Gasteiger partial charge on any atom is -0.449 e. The predicted octanol–water partition coefficient (Wildman–Crippen LogP) is 4.31. The van der Waals surface area contributed by atoms with Gasteiger partial charge in [-0.2, -0.15) is 0 Å². The van der Waals surface area contributed by atoms with E-state index in [1.807, 2.05) is 11.8 Å². The van der Waals surface area contributed by atoms with Crippen LogP contribution in [0.25, 0.3) is 0 Å². The maximum Gasteiger partial charge on any atom is 0.409 e. The Morgan fingerprint density at radius 3 is 2.84 bits per heavy atom. The molecule has 1 unspecified atom stereocenters. The summed E-state index contributed by atoms with van der Waals surface area (Å²) in [6, 6.07) is 0. The number of ether oxygens (including phenoxy) is 1. The van der Waals surface area contributed by atoms with Crippen LogP contribution >= 0.6 is 11.3 Å². The Morgan fingerprint density at radius 1 is 1.32 bits per heavy atom. The molecule has 1 saturated heterocycles. The molecule has 0 bridgehead atoms. The molecule has 25 heavy (non-hydrogen) atoms. The average molecular weight is 368 g/mol. The van der Waals surface area contributed by atoms with Crippen LogP contribution < -0.4 is 0 Å². The Hall–Kier alpha value is -1.14. The molecule has 1 aliphatic heterocycles. The highest BCUT2D eigenvalue weighted by Gasteiger charge is 2.21. The van der Waals surface area contributed by atoms with Crippen LogP contribution in [-0.4, -0.2) is 53.7 Å². The summed E-state index contributed by atoms with van der Waals surface area (Å²) in [6.45, 7) is 11.3. The molecule has 1 aliphatic rings. The second-order valence-corrected chi connectivity index (χ2v) is 8.03. The van der Waals surface area contributed by atoms with Crippen LogP contribution in [0.3, 0.4) is 0 Å². The quantitative estimate of drug-likeness (QED) is 0.687. The topological polar surface area (TPSA) is 45.7 Å². The summed E-state index contributed by atoms with van der Waals surface area (Å²) in [5.74, 6) is 0.500. The fourth-order valence-electron chi connectivity index (χ4n) is 3.20. The first-order valence-electron chi connectivity index (χ1n) is 9.67. The molecule has 1 aromatic heterocycles. The van der Waals surface area contributed by atoms with Crippen LogP contribution in [0.2, 0.25) is 0 Å². The first kappa shape index (κ1) is 20.2. The van der Waals surface area contributed by atoms with Crippen molar-refractivity contribution in [1.29, 1.82) is 0 Å². The number of hydrogen-bond acceptors (Lipinski definition) is 5. The molecule has 1 amide bonds. The van der Waals surface area contributed by atoms with Gasteiger partial charge in [0.05, 0.1) is 17.3 Å². The van der Waals surface area contributed by atoms with Gasteiger partial charge < -0.3 is 9.64 Å². The van der Waals surface area contributed by atoms with Gasteiger partial charge in [-0.25, -0.2) is 9.78 Å². The standard InChI is InChI=1S/C19H33N3O2S/c1-4-6-8-17(5-2)14-24-19(23)22-10-7-9-21(11-12-22)13-18-15-25-16(3)20-18/h15,17H,4-14H2,1-3H3. The van der Waals surface area contributed by atoms with Gasteiger partial charge in [0, 0.05) is 38.1 Å². The summed E-state index contributed by atoms with van der Waals surface area (Å²) >= 11 is 1.70. The zero-order valence-electron chi connectivity index (χ0n) is 16.0. The molecule has 0 N–H and O–H groups in total. The normalized spacial score (nSPS) is 17.3. The number of carbonyl (C=O) groups excluding carboxylic acids is 1. The number of thiazole rings is 1. The number of hydrogen-bond donors (Lipinski definition) is 0. The van der Waals surface area contributed by atoms with Crippen molar-refractivity contribution in [2.24, 2.45) is 5.92 Å². The van der Waals surface area contributed by atoms with E-state index in [0.717, 1.165) is 62.7 Å². The monoisotopic (exact) mass is 367 g/mol. The SMILES string of the molecule is CCCCC(CC)COC(=O)N1CCCN(Cc2csc(C)n2)CC1. The van der Waals surface area contributed by atoms with E-state index in [4.69, 9.17) is 4.74 Å². The first-order valence-corrected chi connectivity index (χ1v) is 10.5. The summed E-state index contributed by atoms with van der Waals surface area (Å²) in [6.07, 6.45) is 5.50. The van der Waals surface area contributed by atoms with Gasteiger partial charge in [0.25, 0.3) is 0 Å². The zero-order chi connectivity index (χ0) is 18.1. The van der Waals surface area contributed by atoms with E-state index < -0.39 is 0 Å². The van der Waals surface area contributed by atoms with E-state index in [1.165, 1.54) is 12.8 Å². The van der Waals surface area contributed by atoms with E-state index in [0.29, 0.717) is 12.5 Å². The van der Waals surface area contributed by atoms with E-state index >= 15 is 0 Å². The van der Waals surface area contributed by atoms with Crippen LogP contribution in [-0.2, 0) is 11.3 Å². The molecule has 2 heterocycles. The largest absolute Gasteiger partial charge is 0.449 e. The fourth-order valence-corrected chi connectivity index (χ4v) is 3.80. The molecule has 1 fully saturated rings. The molecule has 0 aromatic carbocycles. The van der Waals surface area contributed by atoms with Crippen molar-refractivity contribution in [2.45, 2.75) is 59.4 Å². The Kier molecular flexibility index (Phi) is 8.68. The number of unbranched alkanes of at least 4 members (excludes halogenated alkanes) is 1. The lowest BCUT2D eigenvalue weighted by molar-refractivity contribution is 0.0856. The van der Waals surface area contributed by atoms with Gasteiger partial charge in [-0.3, -0.25) is 4.90 Å². The molecule has 6 heteroatoms. The molecular formula is C19H33N3O2S. The van der Waals surface area contributed by atoms with Gasteiger partial charge >= 0.3 is 6.09 Å². The zero-order valence-corrected chi connectivity index (χ0v) is 16.8. The Bertz CT molecular complexity index is 521. The number of amides is 1. The Labute approximate surface area is 156 Å². The molecular weight excluding hydrogens is 334 g/mol. The minimum absolute atomic E-state index is 0.138. The second kappa shape index (κ2) is 10.8. The summed E-state index contributed by atoms with van der Waals surface area (Å²) in [5, 5.41) is 3.25. The summed E-state index contributed by atoms with van der Waals surface area (Å²) < 4.78 is 5.60. The van der Waals surface area contributed by atoms with Crippen molar-refractivity contribution < 1.29 is 9.53 Å². The molecule has 5 nitrogen and oxygen atoms in total.